The molecule has 2 N–H and O–H groups in total. The number of aromatic nitrogens is 2. The van der Waals surface area contributed by atoms with Gasteiger partial charge in [-0.15, -0.1) is 0 Å². The van der Waals surface area contributed by atoms with E-state index in [2.05, 4.69) is 4.98 Å². The van der Waals surface area contributed by atoms with Crippen LogP contribution in [0.4, 0.5) is 0 Å². The molecule has 0 spiro atoms. The highest BCUT2D eigenvalue weighted by molar-refractivity contribution is 7.91. The first-order valence-electron chi connectivity index (χ1n) is 12.9. The molecule has 0 aliphatic carbocycles. The number of carboxylic acid groups (broad SMARTS) is 1. The van der Waals surface area contributed by atoms with Crippen molar-refractivity contribution in [2.24, 2.45) is 7.05 Å². The molecule has 41 heavy (non-hydrogen) atoms. The minimum atomic E-state index is -3.59. The van der Waals surface area contributed by atoms with Crippen LogP contribution < -0.4 is 10.3 Å². The van der Waals surface area contributed by atoms with Gasteiger partial charge in [-0.3, -0.25) is 4.79 Å². The van der Waals surface area contributed by atoms with Gasteiger partial charge in [0.25, 0.3) is 5.56 Å². The summed E-state index contributed by atoms with van der Waals surface area (Å²) in [7, 11) is -2.04. The van der Waals surface area contributed by atoms with Crippen LogP contribution in [0, 0.1) is 6.92 Å². The smallest absolute Gasteiger partial charge is 0.352 e. The van der Waals surface area contributed by atoms with Crippen LogP contribution in [0.2, 0.25) is 0 Å². The molecular weight excluding hydrogens is 540 g/mol. The number of hydrogen-bond acceptors (Lipinski definition) is 5. The number of para-hydroxylation sites is 1. The highest BCUT2D eigenvalue weighted by Crippen LogP contribution is 2.40. The first kappa shape index (κ1) is 27.7. The van der Waals surface area contributed by atoms with E-state index in [1.54, 1.807) is 26.2 Å². The quantitative estimate of drug-likeness (QED) is 0.212. The van der Waals surface area contributed by atoms with Crippen LogP contribution in [0.5, 0.6) is 11.5 Å². The molecule has 8 nitrogen and oxygen atoms in total. The number of aromatic carboxylic acids is 1. The molecule has 208 valence electrons. The number of fused-ring (bicyclic) bond motifs is 1. The van der Waals surface area contributed by atoms with Gasteiger partial charge in [0.15, 0.2) is 9.84 Å². The summed E-state index contributed by atoms with van der Waals surface area (Å²) in [6, 6.07) is 21.6. The van der Waals surface area contributed by atoms with Gasteiger partial charge in [-0.25, -0.2) is 13.2 Å². The van der Waals surface area contributed by atoms with Crippen molar-refractivity contribution in [3.63, 3.8) is 0 Å². The molecule has 3 aromatic carbocycles. The van der Waals surface area contributed by atoms with Crippen LogP contribution in [0.15, 0.2) is 88.7 Å². The molecule has 0 radical (unpaired) electrons. The second kappa shape index (κ2) is 10.9. The average Bonchev–Trinajstić information content (AvgIpc) is 3.42. The van der Waals surface area contributed by atoms with Crippen molar-refractivity contribution in [3.05, 3.63) is 112 Å². The SMILES string of the molecule is CCS(=O)(=O)c1ccc(Oc2c(C)cccc2C=Cc2ccccc2)c(-c2cn(C)c(=O)c3[nH]c(C(=O)O)cc23)c1. The Balaban J connectivity index is 1.73. The summed E-state index contributed by atoms with van der Waals surface area (Å²) < 4.78 is 33.6. The first-order chi connectivity index (χ1) is 19.6. The molecule has 0 amide bonds. The average molecular weight is 569 g/mol. The lowest BCUT2D eigenvalue weighted by Crippen LogP contribution is -2.16. The molecule has 9 heteroatoms. The first-order valence-corrected chi connectivity index (χ1v) is 14.6. The van der Waals surface area contributed by atoms with Crippen molar-refractivity contribution in [1.29, 1.82) is 0 Å². The second-order valence-corrected chi connectivity index (χ2v) is 11.9. The third-order valence-electron chi connectivity index (χ3n) is 6.88. The van der Waals surface area contributed by atoms with Gasteiger partial charge >= 0.3 is 5.97 Å². The van der Waals surface area contributed by atoms with Crippen molar-refractivity contribution in [2.45, 2.75) is 18.7 Å². The molecule has 0 aliphatic heterocycles. The van der Waals surface area contributed by atoms with Gasteiger partial charge in [0.1, 0.15) is 22.7 Å². The Labute approximate surface area is 237 Å². The predicted molar refractivity (Wildman–Crippen MR) is 160 cm³/mol. The van der Waals surface area contributed by atoms with Crippen molar-refractivity contribution in [1.82, 2.24) is 9.55 Å². The molecule has 0 bridgehead atoms. The van der Waals surface area contributed by atoms with Gasteiger partial charge in [0, 0.05) is 35.3 Å². The molecule has 0 saturated carbocycles. The zero-order chi connectivity index (χ0) is 29.3. The Bertz CT molecular complexity index is 1990. The highest BCUT2D eigenvalue weighted by atomic mass is 32.2. The van der Waals surface area contributed by atoms with Crippen LogP contribution in [0.1, 0.15) is 34.1 Å². The van der Waals surface area contributed by atoms with Crippen LogP contribution in [0.3, 0.4) is 0 Å². The molecule has 2 aromatic heterocycles. The number of nitrogens with one attached hydrogen (secondary N) is 1. The van der Waals surface area contributed by atoms with E-state index in [0.717, 1.165) is 16.7 Å². The van der Waals surface area contributed by atoms with E-state index in [0.29, 0.717) is 28.0 Å². The number of rotatable bonds is 8. The molecule has 0 fully saturated rings. The lowest BCUT2D eigenvalue weighted by atomic mass is 10.0. The van der Waals surface area contributed by atoms with Crippen molar-refractivity contribution in [2.75, 3.05) is 5.75 Å². The Kier molecular flexibility index (Phi) is 7.38. The number of H-pyrrole nitrogens is 1. The normalized spacial score (nSPS) is 11.8. The van der Waals surface area contributed by atoms with E-state index >= 15 is 0 Å². The number of nitrogens with zero attached hydrogens (tertiary/aromatic N) is 1. The Morgan fingerprint density at radius 3 is 2.46 bits per heavy atom. The van der Waals surface area contributed by atoms with E-state index in [-0.39, 0.29) is 21.9 Å². The number of benzene rings is 3. The predicted octanol–water partition coefficient (Wildman–Crippen LogP) is 6.30. The van der Waals surface area contributed by atoms with Crippen LogP contribution in [-0.4, -0.2) is 34.8 Å². The molecule has 2 heterocycles. The maximum Gasteiger partial charge on any atom is 0.352 e. The summed E-state index contributed by atoms with van der Waals surface area (Å²) in [6.07, 6.45) is 5.48. The third-order valence-corrected chi connectivity index (χ3v) is 8.62. The van der Waals surface area contributed by atoms with Crippen LogP contribution >= 0.6 is 0 Å². The van der Waals surface area contributed by atoms with Gasteiger partial charge < -0.3 is 19.4 Å². The minimum Gasteiger partial charge on any atom is -0.477 e. The summed E-state index contributed by atoms with van der Waals surface area (Å²) in [5.41, 5.74) is 3.06. The molecule has 0 atom stereocenters. The Morgan fingerprint density at radius 1 is 1.00 bits per heavy atom. The maximum absolute atomic E-state index is 12.9. The van der Waals surface area contributed by atoms with E-state index in [4.69, 9.17) is 4.74 Å². The van der Waals surface area contributed by atoms with Crippen LogP contribution in [-0.2, 0) is 16.9 Å². The second-order valence-electron chi connectivity index (χ2n) is 9.64. The fraction of sp³-hybridized carbons (Fsp3) is 0.125. The largest absolute Gasteiger partial charge is 0.477 e. The molecule has 5 rings (SSSR count). The van der Waals surface area contributed by atoms with Gasteiger partial charge in [-0.1, -0.05) is 67.6 Å². The standard InChI is InChI=1S/C32H28N2O6S/c1-4-41(38,39)23-15-16-28(40-30-20(2)9-8-12-22(30)14-13-21-10-6-5-7-11-21)24(17-23)26-19-34(3)31(35)29-25(26)18-27(33-29)32(36)37/h5-19,33H,4H2,1-3H3,(H,36,37). The van der Waals surface area contributed by atoms with E-state index in [9.17, 15) is 23.1 Å². The Morgan fingerprint density at radius 2 is 1.76 bits per heavy atom. The monoisotopic (exact) mass is 568 g/mol. The van der Waals surface area contributed by atoms with E-state index < -0.39 is 21.4 Å². The summed E-state index contributed by atoms with van der Waals surface area (Å²) in [5.74, 6) is -0.396. The number of pyridine rings is 1. The summed E-state index contributed by atoms with van der Waals surface area (Å²) in [6.45, 7) is 3.48. The van der Waals surface area contributed by atoms with Crippen molar-refractivity contribution < 1.29 is 23.1 Å². The number of carboxylic acids is 1. The van der Waals surface area contributed by atoms with Crippen molar-refractivity contribution in [3.8, 4) is 22.6 Å². The fourth-order valence-corrected chi connectivity index (χ4v) is 5.54. The maximum atomic E-state index is 12.9. The summed E-state index contributed by atoms with van der Waals surface area (Å²) in [4.78, 5) is 27.4. The van der Waals surface area contributed by atoms with E-state index in [1.165, 1.54) is 22.8 Å². The topological polar surface area (TPSA) is 118 Å². The number of aromatic amines is 1. The summed E-state index contributed by atoms with van der Waals surface area (Å²) in [5, 5.41) is 9.93. The van der Waals surface area contributed by atoms with E-state index in [1.807, 2.05) is 67.6 Å². The third kappa shape index (κ3) is 5.44. The van der Waals surface area contributed by atoms with Gasteiger partial charge in [-0.05, 0) is 42.3 Å². The van der Waals surface area contributed by atoms with Crippen LogP contribution in [0.25, 0.3) is 34.2 Å². The number of ether oxygens (including phenoxy) is 1. The fourth-order valence-electron chi connectivity index (χ4n) is 4.64. The van der Waals surface area contributed by atoms with Gasteiger partial charge in [0.05, 0.1) is 10.6 Å². The van der Waals surface area contributed by atoms with Gasteiger partial charge in [-0.2, -0.15) is 0 Å². The molecule has 0 saturated heterocycles. The number of carbonyl (C=O) groups is 1. The number of sulfone groups is 1. The van der Waals surface area contributed by atoms with Crippen molar-refractivity contribution >= 4 is 38.9 Å². The lowest BCUT2D eigenvalue weighted by molar-refractivity contribution is 0.0691. The molecule has 5 aromatic rings. The lowest BCUT2D eigenvalue weighted by Gasteiger charge is -2.17. The molecular formula is C32H28N2O6S. The number of aryl methyl sites for hydroxylation is 2. The zero-order valence-corrected chi connectivity index (χ0v) is 23.5. The minimum absolute atomic E-state index is 0.0901. The molecule has 0 unspecified atom stereocenters. The zero-order valence-electron chi connectivity index (χ0n) is 22.7. The summed E-state index contributed by atoms with van der Waals surface area (Å²) >= 11 is 0. The number of hydrogen-bond donors (Lipinski definition) is 2. The Hall–Kier alpha value is -4.89. The highest BCUT2D eigenvalue weighted by Gasteiger charge is 2.22. The van der Waals surface area contributed by atoms with Gasteiger partial charge in [0.2, 0.25) is 0 Å². The molecule has 0 aliphatic rings.